The van der Waals surface area contributed by atoms with Gasteiger partial charge in [0.25, 0.3) is 0 Å². The van der Waals surface area contributed by atoms with Crippen LogP contribution in [0.4, 0.5) is 0 Å². The van der Waals surface area contributed by atoms with E-state index in [0.29, 0.717) is 10.8 Å². The molecule has 2 rings (SSSR count). The van der Waals surface area contributed by atoms with Crippen molar-refractivity contribution in [3.8, 4) is 0 Å². The molecule has 0 amide bonds. The van der Waals surface area contributed by atoms with E-state index in [0.717, 1.165) is 0 Å². The zero-order valence-corrected chi connectivity index (χ0v) is 24.7. The molecule has 4 heteroatoms. The van der Waals surface area contributed by atoms with E-state index in [1.54, 1.807) is 22.3 Å². The van der Waals surface area contributed by atoms with Gasteiger partial charge in [0.15, 0.2) is 0 Å². The molecule has 2 aliphatic carbocycles. The summed E-state index contributed by atoms with van der Waals surface area (Å²) < 4.78 is 3.90. The summed E-state index contributed by atoms with van der Waals surface area (Å²) in [5.41, 5.74) is 7.29. The fourth-order valence-electron chi connectivity index (χ4n) is 3.92. The van der Waals surface area contributed by atoms with Gasteiger partial charge in [0.2, 0.25) is 0 Å². The summed E-state index contributed by atoms with van der Waals surface area (Å²) in [4.78, 5) is 0. The second kappa shape index (κ2) is 9.42. The average Bonchev–Trinajstić information content (AvgIpc) is 2.94. The molecule has 0 unspecified atom stereocenters. The number of hydrogen-bond donors (Lipinski definition) is 0. The Bertz CT molecular complexity index is 599. The molecule has 0 radical (unpaired) electrons. The van der Waals surface area contributed by atoms with Crippen LogP contribution in [0.15, 0.2) is 41.1 Å². The van der Waals surface area contributed by atoms with Gasteiger partial charge in [-0.05, 0) is 0 Å². The van der Waals surface area contributed by atoms with Crippen LogP contribution < -0.4 is 24.8 Å². The molecular weight excluding hydrogens is 542 g/mol. The predicted molar refractivity (Wildman–Crippen MR) is 109 cm³/mol. The van der Waals surface area contributed by atoms with Gasteiger partial charge in [-0.3, -0.25) is 0 Å². The molecule has 0 bridgehead atoms. The topological polar surface area (TPSA) is 0 Å². The Balaban J connectivity index is 0.00000312. The third-order valence-corrected chi connectivity index (χ3v) is 33.7. The Hall–Kier alpha value is 0.627. The van der Waals surface area contributed by atoms with Crippen molar-refractivity contribution in [1.29, 1.82) is 0 Å². The predicted octanol–water partition coefficient (Wildman–Crippen LogP) is 0.896. The van der Waals surface area contributed by atoms with Crippen LogP contribution in [0, 0.1) is 10.8 Å². The first-order chi connectivity index (χ1) is 10.8. The van der Waals surface area contributed by atoms with Crippen LogP contribution in [-0.2, 0) is 20.6 Å². The third-order valence-electron chi connectivity index (χ3n) is 5.62. The van der Waals surface area contributed by atoms with Crippen molar-refractivity contribution in [2.75, 3.05) is 0 Å². The van der Waals surface area contributed by atoms with E-state index in [1.807, 2.05) is 6.66 Å². The van der Waals surface area contributed by atoms with Crippen LogP contribution in [0.3, 0.4) is 0 Å². The van der Waals surface area contributed by atoms with Gasteiger partial charge in [-0.1, -0.05) is 0 Å². The standard InChI is InChI=1S/2C10H15.C2H7Si.2ClH.Hf/c2*1-8-5-6-9(7-8)10(2,3)4;1-3-2;;;/h2*7H,6H2,1-4H3;3H,1-2H3;2*1H;/q;;;;;+2/p-2. The normalized spacial score (nSPS) is 18.0. The minimum absolute atomic E-state index is 0. The summed E-state index contributed by atoms with van der Waals surface area (Å²) in [6.07, 6.45) is 7.67. The summed E-state index contributed by atoms with van der Waals surface area (Å²) >= 11 is -1.85. The van der Waals surface area contributed by atoms with Crippen molar-refractivity contribution in [3.63, 3.8) is 0 Å². The molecular formula is C22H37Cl2HfSi. The summed E-state index contributed by atoms with van der Waals surface area (Å²) in [5, 5.41) is 0. The van der Waals surface area contributed by atoms with E-state index in [4.69, 9.17) is 0 Å². The molecule has 0 aliphatic heterocycles. The molecule has 0 spiro atoms. The Morgan fingerprint density at radius 3 is 1.23 bits per heavy atom. The van der Waals surface area contributed by atoms with E-state index in [-0.39, 0.29) is 24.8 Å². The largest absolute Gasteiger partial charge is 1.00 e. The maximum atomic E-state index is 2.63. The Morgan fingerprint density at radius 1 is 0.731 bits per heavy atom. The van der Waals surface area contributed by atoms with Crippen molar-refractivity contribution in [2.24, 2.45) is 10.8 Å². The smallest absolute Gasteiger partial charge is 1.00 e. The van der Waals surface area contributed by atoms with Gasteiger partial charge >= 0.3 is 160 Å². The number of allylic oxidation sites excluding steroid dienone is 8. The maximum absolute atomic E-state index is 2.63. The zero-order valence-electron chi connectivity index (χ0n) is 18.4. The van der Waals surface area contributed by atoms with Gasteiger partial charge in [0.05, 0.1) is 0 Å². The molecule has 26 heavy (non-hydrogen) atoms. The van der Waals surface area contributed by atoms with Crippen molar-refractivity contribution in [3.05, 3.63) is 41.1 Å². The molecule has 0 aromatic carbocycles. The Morgan fingerprint density at radius 2 is 1.04 bits per heavy atom. The zero-order chi connectivity index (χ0) is 18.4. The van der Waals surface area contributed by atoms with Gasteiger partial charge in [-0.25, -0.2) is 0 Å². The van der Waals surface area contributed by atoms with Crippen LogP contribution >= 0.6 is 0 Å². The van der Waals surface area contributed by atoms with E-state index in [1.165, 1.54) is 12.8 Å². The second-order valence-corrected chi connectivity index (χ2v) is 36.9. The van der Waals surface area contributed by atoms with Gasteiger partial charge in [-0.15, -0.1) is 0 Å². The molecule has 147 valence electrons. The van der Waals surface area contributed by atoms with Crippen LogP contribution in [0.2, 0.25) is 13.1 Å². The van der Waals surface area contributed by atoms with Gasteiger partial charge < -0.3 is 24.8 Å². The summed E-state index contributed by atoms with van der Waals surface area (Å²) in [6, 6.07) is 0. The van der Waals surface area contributed by atoms with Crippen molar-refractivity contribution in [1.82, 2.24) is 0 Å². The van der Waals surface area contributed by atoms with E-state index >= 15 is 0 Å². The maximum Gasteiger partial charge on any atom is -1.00 e. The molecule has 0 aromatic heterocycles. The Kier molecular flexibility index (Phi) is 9.64. The molecule has 0 heterocycles. The van der Waals surface area contributed by atoms with E-state index in [2.05, 4.69) is 80.6 Å². The van der Waals surface area contributed by atoms with Crippen LogP contribution in [0.1, 0.15) is 68.2 Å². The summed E-state index contributed by atoms with van der Waals surface area (Å²) in [6.45, 7) is 24.4. The number of hydrogen-bond acceptors (Lipinski definition) is 0. The van der Waals surface area contributed by atoms with E-state index < -0.39 is 26.6 Å². The first-order valence-corrected chi connectivity index (χ1v) is 22.2. The molecule has 0 fully saturated rings. The molecule has 0 nitrogen and oxygen atoms in total. The third kappa shape index (κ3) is 5.81. The first-order valence-electron chi connectivity index (χ1n) is 9.51. The fraction of sp³-hybridized carbons (Fsp3) is 0.636. The molecule has 0 atom stereocenters. The molecule has 0 N–H and O–H groups in total. The molecule has 2 aliphatic rings. The van der Waals surface area contributed by atoms with Gasteiger partial charge in [0.1, 0.15) is 0 Å². The minimum Gasteiger partial charge on any atom is -1.00 e. The molecule has 0 saturated heterocycles. The van der Waals surface area contributed by atoms with Crippen LogP contribution in [0.5, 0.6) is 0 Å². The van der Waals surface area contributed by atoms with Gasteiger partial charge in [0, 0.05) is 0 Å². The number of rotatable bonds is 3. The monoisotopic (exact) mass is 579 g/mol. The summed E-state index contributed by atoms with van der Waals surface area (Å²) in [7, 11) is 0. The average molecular weight is 579 g/mol. The first kappa shape index (κ1) is 26.6. The van der Waals surface area contributed by atoms with E-state index in [9.17, 15) is 0 Å². The summed E-state index contributed by atoms with van der Waals surface area (Å²) in [5.74, 6) is -0.601. The number of halogens is 2. The molecule has 0 saturated carbocycles. The van der Waals surface area contributed by atoms with Crippen molar-refractivity contribution < 1.29 is 45.4 Å². The molecule has 0 aromatic rings. The quantitative estimate of drug-likeness (QED) is 0.437. The minimum atomic E-state index is -1.85. The van der Waals surface area contributed by atoms with Gasteiger partial charge in [-0.2, -0.15) is 0 Å². The fourth-order valence-corrected chi connectivity index (χ4v) is 33.3. The van der Waals surface area contributed by atoms with Crippen LogP contribution in [-0.4, -0.2) is 5.98 Å². The SMILES string of the molecule is CC1=[C]([Hf+2]([C]2=C(C)C=C(C(C)(C)C)C2)[SiH](C)C)CC(C(C)(C)C)=C1.[Cl-].[Cl-]. The van der Waals surface area contributed by atoms with Crippen LogP contribution in [0.25, 0.3) is 0 Å². The van der Waals surface area contributed by atoms with Crippen molar-refractivity contribution >= 4 is 5.98 Å². The Labute approximate surface area is 183 Å². The second-order valence-electron chi connectivity index (χ2n) is 10.1. The van der Waals surface area contributed by atoms with Crippen molar-refractivity contribution in [2.45, 2.75) is 81.3 Å².